The van der Waals surface area contributed by atoms with Gasteiger partial charge in [-0.2, -0.15) is 4.98 Å². The number of nitrogens with zero attached hydrogens (tertiary/aromatic N) is 3. The molecule has 0 spiro atoms. The van der Waals surface area contributed by atoms with Crippen LogP contribution in [0.5, 0.6) is 0 Å². The van der Waals surface area contributed by atoms with Gasteiger partial charge in [-0.3, -0.25) is 9.59 Å². The molecule has 3 rings (SSSR count). The number of carbonyl (C=O) groups is 2. The Kier molecular flexibility index (Phi) is 4.73. The zero-order valence-corrected chi connectivity index (χ0v) is 13.5. The summed E-state index contributed by atoms with van der Waals surface area (Å²) in [6, 6.07) is 2.98. The third-order valence-corrected chi connectivity index (χ3v) is 3.90. The Bertz CT molecular complexity index is 808. The van der Waals surface area contributed by atoms with E-state index in [0.717, 1.165) is 6.07 Å². The summed E-state index contributed by atoms with van der Waals surface area (Å²) in [6.45, 7) is 2.03. The third-order valence-electron chi connectivity index (χ3n) is 3.90. The molecule has 2 amide bonds. The Morgan fingerprint density at radius 2 is 2.24 bits per heavy atom. The first kappa shape index (κ1) is 17.0. The van der Waals surface area contributed by atoms with Gasteiger partial charge >= 0.3 is 0 Å². The highest BCUT2D eigenvalue weighted by molar-refractivity contribution is 6.00. The number of hydrogen-bond donors (Lipinski definition) is 1. The Hall–Kier alpha value is -2.84. The first-order valence-electron chi connectivity index (χ1n) is 7.76. The molecule has 1 aromatic heterocycles. The van der Waals surface area contributed by atoms with Crippen LogP contribution in [-0.2, 0) is 16.0 Å². The molecule has 2 heterocycles. The van der Waals surface area contributed by atoms with Crippen LogP contribution in [0.15, 0.2) is 22.7 Å². The highest BCUT2D eigenvalue weighted by Crippen LogP contribution is 2.27. The van der Waals surface area contributed by atoms with E-state index in [1.807, 2.05) is 0 Å². The molecule has 132 valence electrons. The highest BCUT2D eigenvalue weighted by Gasteiger charge is 2.36. The van der Waals surface area contributed by atoms with Crippen molar-refractivity contribution >= 4 is 17.5 Å². The van der Waals surface area contributed by atoms with Gasteiger partial charge in [-0.1, -0.05) is 5.16 Å². The topological polar surface area (TPSA) is 88.3 Å². The monoisotopic (exact) mass is 350 g/mol. The fourth-order valence-electron chi connectivity index (χ4n) is 2.69. The zero-order chi connectivity index (χ0) is 18.0. The molecular formula is C16H16F2N4O3. The largest absolute Gasteiger partial charge is 0.355 e. The van der Waals surface area contributed by atoms with Gasteiger partial charge in [0, 0.05) is 32.0 Å². The fraction of sp³-hybridized carbons (Fsp3) is 0.375. The lowest BCUT2D eigenvalue weighted by atomic mass is 10.1. The number of rotatable bonds is 5. The number of nitrogens with one attached hydrogen (secondary N) is 1. The normalized spacial score (nSPS) is 17.2. The minimum atomic E-state index is -0.832. The summed E-state index contributed by atoms with van der Waals surface area (Å²) in [5, 5.41) is 6.35. The molecule has 1 fully saturated rings. The molecule has 1 N–H and O–H groups in total. The number of benzene rings is 1. The van der Waals surface area contributed by atoms with Crippen molar-refractivity contribution in [3.63, 3.8) is 0 Å². The van der Waals surface area contributed by atoms with Gasteiger partial charge in [0.05, 0.1) is 11.6 Å². The van der Waals surface area contributed by atoms with Crippen LogP contribution in [0.4, 0.5) is 14.5 Å². The van der Waals surface area contributed by atoms with Gasteiger partial charge in [0.1, 0.15) is 11.6 Å². The second kappa shape index (κ2) is 6.96. The first-order chi connectivity index (χ1) is 11.9. The molecule has 0 radical (unpaired) electrons. The Morgan fingerprint density at radius 3 is 2.92 bits per heavy atom. The van der Waals surface area contributed by atoms with Gasteiger partial charge in [0.15, 0.2) is 5.82 Å². The maximum atomic E-state index is 13.8. The smallest absolute Gasteiger partial charge is 0.228 e. The number of halogens is 2. The predicted molar refractivity (Wildman–Crippen MR) is 82.6 cm³/mol. The lowest BCUT2D eigenvalue weighted by Gasteiger charge is -2.17. The summed E-state index contributed by atoms with van der Waals surface area (Å²) in [5.74, 6) is -1.91. The standard InChI is InChI=1S/C16H16F2N4O3/c1-9-20-14(25-21-9)4-5-19-16(24)10-6-15(23)22(8-10)13-3-2-11(17)7-12(13)18/h2-3,7,10H,4-6,8H2,1H3,(H,19,24). The van der Waals surface area contributed by atoms with E-state index in [1.165, 1.54) is 11.0 Å². The Labute approximate surface area is 142 Å². The first-order valence-corrected chi connectivity index (χ1v) is 7.76. The van der Waals surface area contributed by atoms with E-state index in [-0.39, 0.29) is 37.0 Å². The van der Waals surface area contributed by atoms with Crippen molar-refractivity contribution in [3.8, 4) is 0 Å². The lowest BCUT2D eigenvalue weighted by molar-refractivity contribution is -0.126. The average Bonchev–Trinajstić information content (AvgIpc) is 3.13. The van der Waals surface area contributed by atoms with Crippen molar-refractivity contribution in [3.05, 3.63) is 41.5 Å². The summed E-state index contributed by atoms with van der Waals surface area (Å²) in [5.41, 5.74) is -0.0250. The van der Waals surface area contributed by atoms with E-state index in [4.69, 9.17) is 4.52 Å². The van der Waals surface area contributed by atoms with Gasteiger partial charge in [-0.05, 0) is 19.1 Å². The molecule has 9 heteroatoms. The SMILES string of the molecule is Cc1noc(CCNC(=O)C2CC(=O)N(c3ccc(F)cc3F)C2)n1. The molecule has 0 saturated carbocycles. The molecular weight excluding hydrogens is 334 g/mol. The minimum Gasteiger partial charge on any atom is -0.355 e. The highest BCUT2D eigenvalue weighted by atomic mass is 19.1. The van der Waals surface area contributed by atoms with Crippen molar-refractivity contribution in [1.82, 2.24) is 15.5 Å². The Morgan fingerprint density at radius 1 is 1.44 bits per heavy atom. The van der Waals surface area contributed by atoms with Crippen molar-refractivity contribution < 1.29 is 22.9 Å². The van der Waals surface area contributed by atoms with Crippen molar-refractivity contribution in [1.29, 1.82) is 0 Å². The molecule has 2 aromatic rings. The van der Waals surface area contributed by atoms with E-state index >= 15 is 0 Å². The van der Waals surface area contributed by atoms with Crippen LogP contribution in [0.3, 0.4) is 0 Å². The molecule has 1 atom stereocenters. The summed E-state index contributed by atoms with van der Waals surface area (Å²) in [7, 11) is 0. The molecule has 7 nitrogen and oxygen atoms in total. The van der Waals surface area contributed by atoms with E-state index in [2.05, 4.69) is 15.5 Å². The van der Waals surface area contributed by atoms with Crippen molar-refractivity contribution in [2.24, 2.45) is 5.92 Å². The maximum Gasteiger partial charge on any atom is 0.228 e. The molecule has 1 saturated heterocycles. The number of hydrogen-bond acceptors (Lipinski definition) is 5. The number of carbonyl (C=O) groups excluding carboxylic acids is 2. The molecule has 0 aliphatic carbocycles. The average molecular weight is 350 g/mol. The van der Waals surface area contributed by atoms with E-state index in [1.54, 1.807) is 6.92 Å². The van der Waals surface area contributed by atoms with Crippen LogP contribution in [0.25, 0.3) is 0 Å². The molecule has 1 unspecified atom stereocenters. The van der Waals surface area contributed by atoms with Crippen LogP contribution >= 0.6 is 0 Å². The van der Waals surface area contributed by atoms with E-state index < -0.39 is 17.6 Å². The zero-order valence-electron chi connectivity index (χ0n) is 13.5. The number of amides is 2. The van der Waals surface area contributed by atoms with Crippen LogP contribution < -0.4 is 10.2 Å². The van der Waals surface area contributed by atoms with Gasteiger partial charge in [-0.25, -0.2) is 8.78 Å². The molecule has 1 aliphatic rings. The van der Waals surface area contributed by atoms with Crippen LogP contribution in [0.2, 0.25) is 0 Å². The second-order valence-electron chi connectivity index (χ2n) is 5.78. The Balaban J connectivity index is 1.57. The summed E-state index contributed by atoms with van der Waals surface area (Å²) >= 11 is 0. The maximum absolute atomic E-state index is 13.8. The number of anilines is 1. The molecule has 1 aliphatic heterocycles. The molecule has 0 bridgehead atoms. The summed E-state index contributed by atoms with van der Waals surface area (Å²) in [6.07, 6.45) is 0.353. The number of aromatic nitrogens is 2. The number of aryl methyl sites for hydroxylation is 1. The van der Waals surface area contributed by atoms with Crippen LogP contribution in [0, 0.1) is 24.5 Å². The van der Waals surface area contributed by atoms with Crippen molar-refractivity contribution in [2.45, 2.75) is 19.8 Å². The van der Waals surface area contributed by atoms with Crippen molar-refractivity contribution in [2.75, 3.05) is 18.0 Å². The van der Waals surface area contributed by atoms with Gasteiger partial charge < -0.3 is 14.7 Å². The van der Waals surface area contributed by atoms with Gasteiger partial charge in [-0.15, -0.1) is 0 Å². The van der Waals surface area contributed by atoms with Crippen LogP contribution in [0.1, 0.15) is 18.1 Å². The summed E-state index contributed by atoms with van der Waals surface area (Å²) in [4.78, 5) is 29.5. The lowest BCUT2D eigenvalue weighted by Crippen LogP contribution is -2.34. The second-order valence-corrected chi connectivity index (χ2v) is 5.78. The van der Waals surface area contributed by atoms with E-state index in [0.29, 0.717) is 24.2 Å². The quantitative estimate of drug-likeness (QED) is 0.880. The summed E-state index contributed by atoms with van der Waals surface area (Å²) < 4.78 is 31.8. The minimum absolute atomic E-state index is 0.0250. The fourth-order valence-corrected chi connectivity index (χ4v) is 2.69. The van der Waals surface area contributed by atoms with E-state index in [9.17, 15) is 18.4 Å². The molecule has 1 aromatic carbocycles. The predicted octanol–water partition coefficient (Wildman–Crippen LogP) is 1.37. The molecule has 25 heavy (non-hydrogen) atoms. The van der Waals surface area contributed by atoms with Crippen LogP contribution in [-0.4, -0.2) is 35.0 Å². The van der Waals surface area contributed by atoms with Gasteiger partial charge in [0.2, 0.25) is 17.7 Å². The third kappa shape index (κ3) is 3.81. The van der Waals surface area contributed by atoms with Gasteiger partial charge in [0.25, 0.3) is 0 Å².